The average Bonchev–Trinajstić information content (AvgIpc) is 3.01. The summed E-state index contributed by atoms with van der Waals surface area (Å²) in [5.74, 6) is -0.611. The summed E-state index contributed by atoms with van der Waals surface area (Å²) in [5.41, 5.74) is 5.84. The maximum Gasteiger partial charge on any atom is 0.250 e. The van der Waals surface area contributed by atoms with E-state index >= 15 is 0 Å². The van der Waals surface area contributed by atoms with Gasteiger partial charge in [-0.15, -0.1) is 12.4 Å². The van der Waals surface area contributed by atoms with Crippen LogP contribution in [0.2, 0.25) is 0 Å². The quantitative estimate of drug-likeness (QED) is 0.559. The molecule has 6 nitrogen and oxygen atoms in total. The molecule has 1 saturated heterocycles. The van der Waals surface area contributed by atoms with E-state index in [1.165, 1.54) is 0 Å². The van der Waals surface area contributed by atoms with Crippen LogP contribution >= 0.6 is 12.4 Å². The number of amides is 2. The van der Waals surface area contributed by atoms with Gasteiger partial charge in [-0.05, 0) is 25.7 Å². The molecule has 2 fully saturated rings. The molecule has 0 aromatic carbocycles. The van der Waals surface area contributed by atoms with E-state index in [1.54, 1.807) is 0 Å². The fourth-order valence-electron chi connectivity index (χ4n) is 2.88. The number of carbonyl (C=O) groups excluding carboxylic acids is 2. The van der Waals surface area contributed by atoms with E-state index in [0.29, 0.717) is 13.0 Å². The molecule has 20 heavy (non-hydrogen) atoms. The van der Waals surface area contributed by atoms with Crippen LogP contribution in [-0.4, -0.2) is 41.7 Å². The van der Waals surface area contributed by atoms with E-state index in [9.17, 15) is 14.7 Å². The first-order chi connectivity index (χ1) is 9.08. The number of nitrogens with one attached hydrogen (secondary N) is 2. The molecule has 3 atom stereocenters. The summed E-state index contributed by atoms with van der Waals surface area (Å²) in [5, 5.41) is 15.5. The van der Waals surface area contributed by atoms with Gasteiger partial charge in [-0.1, -0.05) is 12.8 Å². The number of hydrogen-bond acceptors (Lipinski definition) is 4. The van der Waals surface area contributed by atoms with Crippen molar-refractivity contribution in [3.63, 3.8) is 0 Å². The van der Waals surface area contributed by atoms with Crippen molar-refractivity contribution < 1.29 is 14.7 Å². The highest BCUT2D eigenvalue weighted by atomic mass is 35.5. The largest absolute Gasteiger partial charge is 0.382 e. The minimum atomic E-state index is -1.23. The minimum Gasteiger partial charge on any atom is -0.382 e. The number of aliphatic hydroxyl groups is 1. The van der Waals surface area contributed by atoms with Crippen molar-refractivity contribution in [1.82, 2.24) is 10.6 Å². The van der Waals surface area contributed by atoms with Gasteiger partial charge in [0.25, 0.3) is 5.91 Å². The summed E-state index contributed by atoms with van der Waals surface area (Å²) in [6, 6.07) is -0.514. The van der Waals surface area contributed by atoms with Crippen LogP contribution in [0, 0.1) is 5.92 Å². The van der Waals surface area contributed by atoms with Crippen molar-refractivity contribution in [2.24, 2.45) is 11.7 Å². The second kappa shape index (κ2) is 7.81. The monoisotopic (exact) mass is 305 g/mol. The highest BCUT2D eigenvalue weighted by Gasteiger charge is 2.32. The molecule has 116 valence electrons. The van der Waals surface area contributed by atoms with E-state index in [2.05, 4.69) is 10.6 Å². The number of rotatable bonds is 5. The lowest BCUT2D eigenvalue weighted by molar-refractivity contribution is -0.132. The maximum atomic E-state index is 11.9. The summed E-state index contributed by atoms with van der Waals surface area (Å²) in [7, 11) is 0. The predicted octanol–water partition coefficient (Wildman–Crippen LogP) is -0.319. The first kappa shape index (κ1) is 17.2. The second-order valence-electron chi connectivity index (χ2n) is 5.61. The van der Waals surface area contributed by atoms with Crippen LogP contribution in [0.3, 0.4) is 0 Å². The van der Waals surface area contributed by atoms with E-state index in [-0.39, 0.29) is 30.3 Å². The van der Waals surface area contributed by atoms with Crippen LogP contribution in [0.5, 0.6) is 0 Å². The molecule has 1 saturated carbocycles. The van der Waals surface area contributed by atoms with Crippen LogP contribution in [0.15, 0.2) is 0 Å². The van der Waals surface area contributed by atoms with Crippen molar-refractivity contribution in [3.05, 3.63) is 0 Å². The fraction of sp³-hybridized carbons (Fsp3) is 0.846. The Labute approximate surface area is 125 Å². The maximum absolute atomic E-state index is 11.9. The number of nitrogens with two attached hydrogens (primary N) is 1. The standard InChI is InChI=1S/C13H23N3O3.ClH/c14-10(7-8-5-6-15-12(8)18)11(17)13(19)16-9-3-1-2-4-9;/h8-11,17H,1-7,14H2,(H,15,18)(H,16,19);1H/t8-,10-,11?;/m0./s1. The molecule has 2 amide bonds. The lowest BCUT2D eigenvalue weighted by Crippen LogP contribution is -2.49. The van der Waals surface area contributed by atoms with Gasteiger partial charge in [0.15, 0.2) is 0 Å². The molecule has 5 N–H and O–H groups in total. The van der Waals surface area contributed by atoms with Crippen molar-refractivity contribution >= 4 is 24.2 Å². The predicted molar refractivity (Wildman–Crippen MR) is 77.4 cm³/mol. The smallest absolute Gasteiger partial charge is 0.250 e. The molecule has 1 aliphatic carbocycles. The first-order valence-corrected chi connectivity index (χ1v) is 7.09. The zero-order valence-corrected chi connectivity index (χ0v) is 12.3. The molecule has 0 spiro atoms. The number of carbonyl (C=O) groups is 2. The minimum absolute atomic E-state index is 0. The van der Waals surface area contributed by atoms with Gasteiger partial charge in [-0.25, -0.2) is 0 Å². The highest BCUT2D eigenvalue weighted by molar-refractivity contribution is 5.85. The Kier molecular flexibility index (Phi) is 6.71. The molecular weight excluding hydrogens is 282 g/mol. The van der Waals surface area contributed by atoms with Gasteiger partial charge in [0.05, 0.1) is 0 Å². The Morgan fingerprint density at radius 2 is 2.05 bits per heavy atom. The van der Waals surface area contributed by atoms with Crippen LogP contribution in [0.25, 0.3) is 0 Å². The third kappa shape index (κ3) is 4.33. The van der Waals surface area contributed by atoms with Crippen molar-refractivity contribution in [2.45, 2.75) is 56.7 Å². The fourth-order valence-corrected chi connectivity index (χ4v) is 2.88. The SMILES string of the molecule is Cl.N[C@@H](C[C@@H]1CCNC1=O)C(O)C(=O)NC1CCCC1. The van der Waals surface area contributed by atoms with Crippen LogP contribution in [-0.2, 0) is 9.59 Å². The average molecular weight is 306 g/mol. The van der Waals surface area contributed by atoms with Gasteiger partial charge in [-0.2, -0.15) is 0 Å². The summed E-state index contributed by atoms with van der Waals surface area (Å²) >= 11 is 0. The zero-order valence-electron chi connectivity index (χ0n) is 11.5. The Bertz CT molecular complexity index is 348. The van der Waals surface area contributed by atoms with Gasteiger partial charge in [0.2, 0.25) is 5.91 Å². The van der Waals surface area contributed by atoms with Gasteiger partial charge in [-0.3, -0.25) is 9.59 Å². The highest BCUT2D eigenvalue weighted by Crippen LogP contribution is 2.19. The first-order valence-electron chi connectivity index (χ1n) is 7.09. The molecule has 0 aromatic heterocycles. The molecule has 0 bridgehead atoms. The number of hydrogen-bond donors (Lipinski definition) is 4. The second-order valence-corrected chi connectivity index (χ2v) is 5.61. The van der Waals surface area contributed by atoms with Crippen LogP contribution in [0.4, 0.5) is 0 Å². The number of aliphatic hydroxyl groups excluding tert-OH is 1. The van der Waals surface area contributed by atoms with Crippen LogP contribution in [0.1, 0.15) is 38.5 Å². The third-order valence-electron chi connectivity index (χ3n) is 4.10. The third-order valence-corrected chi connectivity index (χ3v) is 4.10. The Hall–Kier alpha value is -0.850. The van der Waals surface area contributed by atoms with E-state index in [0.717, 1.165) is 32.1 Å². The molecule has 0 aromatic rings. The molecule has 2 rings (SSSR count). The van der Waals surface area contributed by atoms with Crippen molar-refractivity contribution in [1.29, 1.82) is 0 Å². The van der Waals surface area contributed by atoms with E-state index < -0.39 is 18.1 Å². The Morgan fingerprint density at radius 3 is 2.60 bits per heavy atom. The zero-order chi connectivity index (χ0) is 13.8. The molecule has 2 aliphatic rings. The Balaban J connectivity index is 0.00000200. The van der Waals surface area contributed by atoms with Crippen molar-refractivity contribution in [2.75, 3.05) is 6.54 Å². The lowest BCUT2D eigenvalue weighted by Gasteiger charge is -2.22. The molecule has 0 radical (unpaired) electrons. The van der Waals surface area contributed by atoms with Gasteiger partial charge in [0.1, 0.15) is 6.10 Å². The van der Waals surface area contributed by atoms with Crippen LogP contribution < -0.4 is 16.4 Å². The van der Waals surface area contributed by atoms with E-state index in [1.807, 2.05) is 0 Å². The van der Waals surface area contributed by atoms with Gasteiger partial charge >= 0.3 is 0 Å². The summed E-state index contributed by atoms with van der Waals surface area (Å²) in [6.07, 6.45) is 4.03. The molecule has 1 heterocycles. The topological polar surface area (TPSA) is 104 Å². The molecular formula is C13H24ClN3O3. The molecule has 1 aliphatic heterocycles. The van der Waals surface area contributed by atoms with Crippen molar-refractivity contribution in [3.8, 4) is 0 Å². The van der Waals surface area contributed by atoms with Gasteiger partial charge < -0.3 is 21.5 Å². The van der Waals surface area contributed by atoms with Gasteiger partial charge in [0, 0.05) is 24.5 Å². The number of halogens is 1. The normalized spacial score (nSPS) is 25.7. The summed E-state index contributed by atoms with van der Waals surface area (Å²) in [6.45, 7) is 0.653. The summed E-state index contributed by atoms with van der Waals surface area (Å²) in [4.78, 5) is 23.3. The Morgan fingerprint density at radius 1 is 1.40 bits per heavy atom. The summed E-state index contributed by atoms with van der Waals surface area (Å²) < 4.78 is 0. The molecule has 1 unspecified atom stereocenters. The lowest BCUT2D eigenvalue weighted by atomic mass is 9.95. The molecule has 7 heteroatoms. The van der Waals surface area contributed by atoms with E-state index in [4.69, 9.17) is 5.73 Å².